The highest BCUT2D eigenvalue weighted by molar-refractivity contribution is 14.1. The molecule has 2 nitrogen and oxygen atoms in total. The summed E-state index contributed by atoms with van der Waals surface area (Å²) in [7, 11) is 0.194. The van der Waals surface area contributed by atoms with Crippen LogP contribution in [0.1, 0.15) is 10.4 Å². The summed E-state index contributed by atoms with van der Waals surface area (Å²) in [6, 6.07) is 7.22. The van der Waals surface area contributed by atoms with Gasteiger partial charge in [-0.05, 0) is 58.7 Å². The van der Waals surface area contributed by atoms with Crippen LogP contribution >= 0.6 is 22.6 Å². The lowest BCUT2D eigenvalue weighted by Crippen LogP contribution is -2.16. The van der Waals surface area contributed by atoms with Crippen molar-refractivity contribution >= 4 is 36.6 Å². The molecule has 0 radical (unpaired) electrons. The zero-order chi connectivity index (χ0) is 14.9. The first-order valence-corrected chi connectivity index (χ1v) is 10.2. The fourth-order valence-corrected chi connectivity index (χ4v) is 1.73. The maximum atomic E-state index is 10.9. The van der Waals surface area contributed by atoms with E-state index in [0.29, 0.717) is 5.56 Å². The molecule has 0 N–H and O–H groups in total. The molecule has 0 aromatic heterocycles. The van der Waals surface area contributed by atoms with Crippen molar-refractivity contribution < 1.29 is 9.53 Å². The van der Waals surface area contributed by atoms with Crippen LogP contribution in [0.15, 0.2) is 24.3 Å². The second-order valence-corrected chi connectivity index (χ2v) is 10.6. The highest BCUT2D eigenvalue weighted by atomic mass is 127. The number of esters is 1. The van der Waals surface area contributed by atoms with Gasteiger partial charge in [-0.1, -0.05) is 19.6 Å². The maximum absolute atomic E-state index is 10.9. The fourth-order valence-electron chi connectivity index (χ4n) is 0.927. The van der Waals surface area contributed by atoms with Crippen molar-refractivity contribution in [1.29, 1.82) is 0 Å². The minimum Gasteiger partial charge on any atom is -0.465 e. The van der Waals surface area contributed by atoms with Crippen molar-refractivity contribution in [1.82, 2.24) is 0 Å². The van der Waals surface area contributed by atoms with Gasteiger partial charge in [-0.15, -0.1) is 12.0 Å². The van der Waals surface area contributed by atoms with Crippen LogP contribution in [0.3, 0.4) is 0 Å². The van der Waals surface area contributed by atoms with E-state index in [4.69, 9.17) is 6.42 Å². The molecule has 1 aromatic rings. The molecule has 1 rings (SSSR count). The summed E-state index contributed by atoms with van der Waals surface area (Å²) in [6.45, 7) is 6.49. The Morgan fingerprint density at radius 2 is 1.79 bits per heavy atom. The highest BCUT2D eigenvalue weighted by Gasteiger charge is 2.06. The summed E-state index contributed by atoms with van der Waals surface area (Å²) in [5, 5.41) is 0. The van der Waals surface area contributed by atoms with Gasteiger partial charge in [-0.2, -0.15) is 0 Å². The average Bonchev–Trinajstić information content (AvgIpc) is 2.36. The minimum absolute atomic E-state index is 0.290. The molecule has 0 atom stereocenters. The molecule has 0 spiro atoms. The molecular formula is C15H17IO2Si. The van der Waals surface area contributed by atoms with E-state index in [9.17, 15) is 4.79 Å². The number of rotatable bonds is 1. The molecule has 0 unspecified atom stereocenters. The second kappa shape index (κ2) is 8.79. The van der Waals surface area contributed by atoms with E-state index in [1.54, 1.807) is 12.1 Å². The van der Waals surface area contributed by atoms with Crippen molar-refractivity contribution in [2.75, 3.05) is 7.11 Å². The molecule has 0 fully saturated rings. The molecule has 0 aliphatic heterocycles. The number of benzene rings is 1. The van der Waals surface area contributed by atoms with Crippen molar-refractivity contribution in [3.63, 3.8) is 0 Å². The van der Waals surface area contributed by atoms with Gasteiger partial charge in [0.2, 0.25) is 0 Å². The van der Waals surface area contributed by atoms with Gasteiger partial charge in [0.05, 0.1) is 12.7 Å². The van der Waals surface area contributed by atoms with Crippen LogP contribution in [0.5, 0.6) is 0 Å². The molecule has 0 heterocycles. The zero-order valence-corrected chi connectivity index (χ0v) is 14.7. The molecule has 0 aliphatic carbocycles. The molecule has 0 aliphatic rings. The molecule has 1 aromatic carbocycles. The molecule has 100 valence electrons. The van der Waals surface area contributed by atoms with Crippen molar-refractivity contribution in [2.45, 2.75) is 19.6 Å². The number of carbonyl (C=O) groups excluding carboxylic acids is 1. The number of halogens is 1. The van der Waals surface area contributed by atoms with Gasteiger partial charge in [0.1, 0.15) is 8.07 Å². The Labute approximate surface area is 130 Å². The molecule has 4 heteroatoms. The van der Waals surface area contributed by atoms with Crippen LogP contribution in [0.2, 0.25) is 19.6 Å². The largest absolute Gasteiger partial charge is 0.465 e. The van der Waals surface area contributed by atoms with E-state index in [0.717, 1.165) is 3.57 Å². The van der Waals surface area contributed by atoms with Crippen molar-refractivity contribution in [2.24, 2.45) is 0 Å². The van der Waals surface area contributed by atoms with Crippen LogP contribution in [0.4, 0.5) is 0 Å². The predicted molar refractivity (Wildman–Crippen MR) is 90.5 cm³/mol. The van der Waals surface area contributed by atoms with Crippen molar-refractivity contribution in [3.05, 3.63) is 33.4 Å². The van der Waals surface area contributed by atoms with Gasteiger partial charge in [0.25, 0.3) is 0 Å². The van der Waals surface area contributed by atoms with Crippen LogP contribution in [-0.4, -0.2) is 21.2 Å². The summed E-state index contributed by atoms with van der Waals surface area (Å²) in [6.07, 6.45) is 4.93. The number of ether oxygens (including phenoxy) is 1. The first-order chi connectivity index (χ1) is 8.80. The molecule has 19 heavy (non-hydrogen) atoms. The Balaban J connectivity index is 0.000000362. The first-order valence-electron chi connectivity index (χ1n) is 5.62. The lowest BCUT2D eigenvalue weighted by molar-refractivity contribution is 0.0600. The van der Waals surface area contributed by atoms with E-state index < -0.39 is 8.07 Å². The van der Waals surface area contributed by atoms with E-state index in [2.05, 4.69) is 64.4 Å². The quantitative estimate of drug-likeness (QED) is 0.320. The van der Waals surface area contributed by atoms with Gasteiger partial charge in [-0.25, -0.2) is 4.79 Å². The fraction of sp³-hybridized carbons (Fsp3) is 0.267. The number of methoxy groups -OCH3 is 1. The monoisotopic (exact) mass is 384 g/mol. The minimum atomic E-state index is -1.18. The van der Waals surface area contributed by atoms with Gasteiger partial charge < -0.3 is 4.74 Å². The number of carbonyl (C=O) groups is 1. The smallest absolute Gasteiger partial charge is 0.337 e. The topological polar surface area (TPSA) is 26.3 Å². The van der Waals surface area contributed by atoms with Gasteiger partial charge in [-0.3, -0.25) is 0 Å². The third kappa shape index (κ3) is 9.35. The molecule has 0 saturated carbocycles. The van der Waals surface area contributed by atoms with Crippen LogP contribution in [0, 0.1) is 27.4 Å². The summed E-state index contributed by atoms with van der Waals surface area (Å²) in [5.74, 6) is 4.64. The lowest BCUT2D eigenvalue weighted by Gasteiger charge is -2.01. The van der Waals surface area contributed by atoms with Crippen molar-refractivity contribution in [3.8, 4) is 23.8 Å². The molecule has 0 bridgehead atoms. The third-order valence-corrected chi connectivity index (χ3v) is 3.37. The van der Waals surface area contributed by atoms with E-state index in [1.807, 2.05) is 12.1 Å². The SMILES string of the molecule is C#CC#C[Si](C)(C)C.COC(=O)c1ccc(I)cc1. The van der Waals surface area contributed by atoms with Gasteiger partial charge in [0, 0.05) is 3.57 Å². The summed E-state index contributed by atoms with van der Waals surface area (Å²) in [4.78, 5) is 10.9. The van der Waals surface area contributed by atoms with Crippen LogP contribution < -0.4 is 0 Å². The maximum Gasteiger partial charge on any atom is 0.337 e. The zero-order valence-electron chi connectivity index (χ0n) is 11.6. The number of hydrogen-bond donors (Lipinski definition) is 0. The second-order valence-electron chi connectivity index (χ2n) is 4.64. The number of terminal acetylenes is 1. The Kier molecular flexibility index (Phi) is 8.21. The Hall–Kier alpha value is -1.24. The van der Waals surface area contributed by atoms with E-state index in [-0.39, 0.29) is 5.97 Å². The Bertz CT molecular complexity index is 510. The Morgan fingerprint density at radius 3 is 2.11 bits per heavy atom. The molecule has 0 amide bonds. The first kappa shape index (κ1) is 17.8. The highest BCUT2D eigenvalue weighted by Crippen LogP contribution is 2.07. The van der Waals surface area contributed by atoms with Gasteiger partial charge in [0.15, 0.2) is 0 Å². The van der Waals surface area contributed by atoms with E-state index in [1.165, 1.54) is 7.11 Å². The summed E-state index contributed by atoms with van der Waals surface area (Å²) in [5.41, 5.74) is 3.61. The number of hydrogen-bond acceptors (Lipinski definition) is 2. The molecular weight excluding hydrogens is 367 g/mol. The average molecular weight is 384 g/mol. The normalized spacial score (nSPS) is 9.05. The predicted octanol–water partition coefficient (Wildman–Crippen LogP) is 3.58. The van der Waals surface area contributed by atoms with Crippen LogP contribution in [0.25, 0.3) is 0 Å². The van der Waals surface area contributed by atoms with Gasteiger partial charge >= 0.3 is 5.97 Å². The van der Waals surface area contributed by atoms with E-state index >= 15 is 0 Å². The third-order valence-electron chi connectivity index (χ3n) is 1.77. The summed E-state index contributed by atoms with van der Waals surface area (Å²) < 4.78 is 5.64. The lowest BCUT2D eigenvalue weighted by atomic mass is 10.2. The Morgan fingerprint density at radius 1 is 1.26 bits per heavy atom. The summed E-state index contributed by atoms with van der Waals surface area (Å²) >= 11 is 2.18. The van der Waals surface area contributed by atoms with Crippen LogP contribution in [-0.2, 0) is 4.74 Å². The molecule has 0 saturated heterocycles. The standard InChI is InChI=1S/C8H7IO2.C7H10Si/c1-11-8(10)6-2-4-7(9)5-3-6;1-5-6-7-8(2,3)4/h2-5H,1H3;1H,2-4H3.